The summed E-state index contributed by atoms with van der Waals surface area (Å²) in [6, 6.07) is 3.58. The second kappa shape index (κ2) is 8.32. The summed E-state index contributed by atoms with van der Waals surface area (Å²) in [5.74, 6) is 0.0791. The average Bonchev–Trinajstić information content (AvgIpc) is 2.67. The number of Topliss-reactive ketones (excluding diaryl/α,β-unsaturated/α-hetero) is 2. The first-order chi connectivity index (χ1) is 15.3. The third-order valence-electron chi connectivity index (χ3n) is 6.88. The molecule has 0 unspecified atom stereocenters. The lowest BCUT2D eigenvalue weighted by Gasteiger charge is -2.48. The highest BCUT2D eigenvalue weighted by molar-refractivity contribution is 6.37. The van der Waals surface area contributed by atoms with Crippen molar-refractivity contribution in [3.05, 3.63) is 62.9 Å². The Balaban J connectivity index is 1.94. The quantitative estimate of drug-likeness (QED) is 0.434. The molecule has 0 bridgehead atoms. The Labute approximate surface area is 206 Å². The van der Waals surface area contributed by atoms with Crippen LogP contribution in [-0.2, 0) is 9.59 Å². The number of benzene rings is 1. The summed E-state index contributed by atoms with van der Waals surface area (Å²) in [5.41, 5.74) is 3.89. The van der Waals surface area contributed by atoms with E-state index in [9.17, 15) is 9.59 Å². The van der Waals surface area contributed by atoms with Gasteiger partial charge in [-0.05, 0) is 41.4 Å². The van der Waals surface area contributed by atoms with Crippen molar-refractivity contribution in [1.82, 2.24) is 4.90 Å². The first-order valence-corrected chi connectivity index (χ1v) is 12.1. The molecule has 176 valence electrons. The molecule has 0 saturated heterocycles. The third-order valence-corrected chi connectivity index (χ3v) is 7.44. The number of ketones is 2. The number of allylic oxidation sites excluding steroid dienone is 4. The van der Waals surface area contributed by atoms with Crippen molar-refractivity contribution in [3.8, 4) is 5.75 Å². The van der Waals surface area contributed by atoms with Gasteiger partial charge in [-0.2, -0.15) is 0 Å². The van der Waals surface area contributed by atoms with Crippen molar-refractivity contribution >= 4 is 34.8 Å². The Morgan fingerprint density at radius 1 is 0.970 bits per heavy atom. The third kappa shape index (κ3) is 4.28. The molecule has 1 heterocycles. The van der Waals surface area contributed by atoms with E-state index in [1.807, 2.05) is 7.05 Å². The predicted octanol–water partition coefficient (Wildman–Crippen LogP) is 6.87. The van der Waals surface area contributed by atoms with Gasteiger partial charge in [0.05, 0.1) is 10.0 Å². The molecule has 6 heteroatoms. The van der Waals surface area contributed by atoms with E-state index in [1.54, 1.807) is 18.2 Å². The van der Waals surface area contributed by atoms with E-state index < -0.39 is 5.92 Å². The number of carbonyl (C=O) groups excluding carboxylic acids is 2. The van der Waals surface area contributed by atoms with E-state index in [2.05, 4.69) is 39.2 Å². The molecule has 1 aromatic carbocycles. The van der Waals surface area contributed by atoms with E-state index in [-0.39, 0.29) is 29.0 Å². The normalized spacial score (nSPS) is 22.3. The van der Waals surface area contributed by atoms with Crippen LogP contribution in [0.3, 0.4) is 0 Å². The number of nitrogens with zero attached hydrogens (tertiary/aromatic N) is 1. The highest BCUT2D eigenvalue weighted by Crippen LogP contribution is 2.54. The number of hydrogen-bond acceptors (Lipinski definition) is 4. The minimum absolute atomic E-state index is 0.0847. The summed E-state index contributed by atoms with van der Waals surface area (Å²) in [7, 11) is 2.00. The molecule has 3 aliphatic rings. The number of hydrogen-bond donors (Lipinski definition) is 0. The van der Waals surface area contributed by atoms with Gasteiger partial charge in [-0.15, -0.1) is 0 Å². The average molecular weight is 488 g/mol. The fourth-order valence-corrected chi connectivity index (χ4v) is 6.14. The van der Waals surface area contributed by atoms with Crippen molar-refractivity contribution in [3.63, 3.8) is 0 Å². The molecule has 33 heavy (non-hydrogen) atoms. The maximum atomic E-state index is 13.5. The molecule has 0 radical (unpaired) electrons. The lowest BCUT2D eigenvalue weighted by molar-refractivity contribution is -0.119. The first-order valence-electron chi connectivity index (χ1n) is 11.3. The van der Waals surface area contributed by atoms with E-state index >= 15 is 0 Å². The largest absolute Gasteiger partial charge is 0.486 e. The molecule has 0 aromatic heterocycles. The highest BCUT2D eigenvalue weighted by atomic mass is 35.5. The van der Waals surface area contributed by atoms with E-state index in [0.29, 0.717) is 39.8 Å². The lowest BCUT2D eigenvalue weighted by atomic mass is 9.64. The maximum absolute atomic E-state index is 13.5. The van der Waals surface area contributed by atoms with Gasteiger partial charge in [-0.1, -0.05) is 63.6 Å². The van der Waals surface area contributed by atoms with Crippen LogP contribution in [0.1, 0.15) is 64.9 Å². The van der Waals surface area contributed by atoms with Gasteiger partial charge in [-0.25, -0.2) is 0 Å². The summed E-state index contributed by atoms with van der Waals surface area (Å²) >= 11 is 13.2. The predicted molar refractivity (Wildman–Crippen MR) is 133 cm³/mol. The molecule has 0 N–H and O–H groups in total. The van der Waals surface area contributed by atoms with E-state index in [1.165, 1.54) is 0 Å². The number of rotatable bonds is 4. The Hall–Kier alpha value is -2.04. The van der Waals surface area contributed by atoms with E-state index in [4.69, 9.17) is 27.9 Å². The lowest BCUT2D eigenvalue weighted by Crippen LogP contribution is -2.43. The van der Waals surface area contributed by atoms with Crippen LogP contribution in [0.2, 0.25) is 10.0 Å². The molecule has 0 atom stereocenters. The zero-order chi connectivity index (χ0) is 24.3. The molecule has 0 spiro atoms. The second-order valence-corrected chi connectivity index (χ2v) is 11.8. The molecular weight excluding hydrogens is 457 g/mol. The summed E-state index contributed by atoms with van der Waals surface area (Å²) in [4.78, 5) is 29.2. The van der Waals surface area contributed by atoms with Crippen molar-refractivity contribution < 1.29 is 14.3 Å². The van der Waals surface area contributed by atoms with Crippen LogP contribution in [0.25, 0.3) is 0 Å². The second-order valence-electron chi connectivity index (χ2n) is 11.0. The van der Waals surface area contributed by atoms with Crippen LogP contribution in [0.5, 0.6) is 5.75 Å². The van der Waals surface area contributed by atoms with Gasteiger partial charge in [-0.3, -0.25) is 9.59 Å². The summed E-state index contributed by atoms with van der Waals surface area (Å²) in [5, 5.41) is 0.713. The molecule has 0 fully saturated rings. The van der Waals surface area contributed by atoms with Gasteiger partial charge in [0.25, 0.3) is 0 Å². The fraction of sp³-hybridized carbons (Fsp3) is 0.481. The summed E-state index contributed by atoms with van der Waals surface area (Å²) in [6.07, 6.45) is 4.06. The number of halogens is 2. The first kappa shape index (κ1) is 24.1. The van der Waals surface area contributed by atoms with Gasteiger partial charge >= 0.3 is 0 Å². The molecule has 1 aromatic rings. The number of carbonyl (C=O) groups is 2. The maximum Gasteiger partial charge on any atom is 0.162 e. The van der Waals surface area contributed by atoms with Crippen molar-refractivity contribution in [2.24, 2.45) is 10.8 Å². The SMILES string of the molecule is C=CCOc1c(Cl)cc(C2C3=C(CC(C)(C)CC3=O)N(C)C3=C2C(=O)CC(C)(C)C3)cc1Cl. The Bertz CT molecular complexity index is 1050. The molecule has 0 amide bonds. The van der Waals surface area contributed by atoms with Gasteiger partial charge in [0.1, 0.15) is 6.61 Å². The topological polar surface area (TPSA) is 46.6 Å². The Morgan fingerprint density at radius 3 is 1.85 bits per heavy atom. The molecular formula is C27H31Cl2NO3. The highest BCUT2D eigenvalue weighted by Gasteiger charge is 2.48. The van der Waals surface area contributed by atoms with Crippen LogP contribution in [0, 0.1) is 10.8 Å². The smallest absolute Gasteiger partial charge is 0.162 e. The number of ether oxygens (including phenoxy) is 1. The Morgan fingerprint density at radius 2 is 1.42 bits per heavy atom. The van der Waals surface area contributed by atoms with Crippen molar-refractivity contribution in [2.75, 3.05) is 13.7 Å². The van der Waals surface area contributed by atoms with E-state index in [0.717, 1.165) is 29.8 Å². The standard InChI is InChI=1S/C27H31Cl2NO3/c1-7-8-33-25-16(28)9-15(10-17(25)29)22-23-18(11-26(2,3)13-20(23)31)30(6)19-12-27(4,5)14-21(32)24(19)22/h7,9-10,22H,1,8,11-14H2,2-6H3. The molecule has 1 aliphatic heterocycles. The minimum Gasteiger partial charge on any atom is -0.486 e. The zero-order valence-corrected chi connectivity index (χ0v) is 21.5. The molecule has 2 aliphatic carbocycles. The van der Waals surface area contributed by atoms with Crippen LogP contribution in [-0.4, -0.2) is 30.1 Å². The van der Waals surface area contributed by atoms with Crippen LogP contribution in [0.15, 0.2) is 47.3 Å². The summed E-state index contributed by atoms with van der Waals surface area (Å²) in [6.45, 7) is 12.4. The van der Waals surface area contributed by atoms with Crippen LogP contribution >= 0.6 is 23.2 Å². The van der Waals surface area contributed by atoms with Crippen molar-refractivity contribution in [1.29, 1.82) is 0 Å². The zero-order valence-electron chi connectivity index (χ0n) is 20.0. The minimum atomic E-state index is -0.471. The van der Waals surface area contributed by atoms with Crippen LogP contribution < -0.4 is 4.74 Å². The molecule has 4 rings (SSSR count). The Kier molecular flexibility index (Phi) is 6.07. The van der Waals surface area contributed by atoms with Gasteiger partial charge in [0, 0.05) is 48.3 Å². The monoisotopic (exact) mass is 487 g/mol. The van der Waals surface area contributed by atoms with Gasteiger partial charge in [0.2, 0.25) is 0 Å². The van der Waals surface area contributed by atoms with Crippen molar-refractivity contribution in [2.45, 2.75) is 59.3 Å². The van der Waals surface area contributed by atoms with Gasteiger partial charge < -0.3 is 9.64 Å². The molecule has 4 nitrogen and oxygen atoms in total. The van der Waals surface area contributed by atoms with Gasteiger partial charge in [0.15, 0.2) is 17.3 Å². The van der Waals surface area contributed by atoms with Crippen LogP contribution in [0.4, 0.5) is 0 Å². The molecule has 0 saturated carbocycles. The summed E-state index contributed by atoms with van der Waals surface area (Å²) < 4.78 is 5.64. The fourth-order valence-electron chi connectivity index (χ4n) is 5.52.